The van der Waals surface area contributed by atoms with Gasteiger partial charge in [0.2, 0.25) is 0 Å². The summed E-state index contributed by atoms with van der Waals surface area (Å²) >= 11 is 6.12. The van der Waals surface area contributed by atoms with E-state index in [1.807, 2.05) is 24.3 Å². The van der Waals surface area contributed by atoms with Gasteiger partial charge in [0, 0.05) is 32.3 Å². The van der Waals surface area contributed by atoms with Crippen molar-refractivity contribution in [1.29, 1.82) is 0 Å². The maximum Gasteiger partial charge on any atom is 0.191 e. The van der Waals surface area contributed by atoms with Crippen LogP contribution in [-0.4, -0.2) is 53.0 Å². The van der Waals surface area contributed by atoms with Crippen molar-refractivity contribution in [2.75, 3.05) is 47.1 Å². The molecule has 0 unspecified atom stereocenters. The number of nitrogens with one attached hydrogen (secondary N) is 2. The fourth-order valence-corrected chi connectivity index (χ4v) is 1.95. The molecular formula is C15H24ClN3O2. The van der Waals surface area contributed by atoms with Gasteiger partial charge in [0.1, 0.15) is 0 Å². The van der Waals surface area contributed by atoms with Crippen molar-refractivity contribution in [1.82, 2.24) is 10.6 Å². The summed E-state index contributed by atoms with van der Waals surface area (Å²) in [7, 11) is 3.41. The number of hydrogen-bond acceptors (Lipinski definition) is 3. The quantitative estimate of drug-likeness (QED) is 0.414. The van der Waals surface area contributed by atoms with Gasteiger partial charge in [-0.3, -0.25) is 4.99 Å². The average Bonchev–Trinajstić information content (AvgIpc) is 2.50. The Hall–Kier alpha value is -1.30. The molecule has 6 heteroatoms. The van der Waals surface area contributed by atoms with Crippen LogP contribution < -0.4 is 10.6 Å². The summed E-state index contributed by atoms with van der Waals surface area (Å²) in [6, 6.07) is 7.86. The van der Waals surface area contributed by atoms with Crippen molar-refractivity contribution in [2.24, 2.45) is 4.99 Å². The highest BCUT2D eigenvalue weighted by Crippen LogP contribution is 2.14. The lowest BCUT2D eigenvalue weighted by atomic mass is 10.1. The van der Waals surface area contributed by atoms with Gasteiger partial charge in [-0.1, -0.05) is 29.8 Å². The normalized spacial score (nSPS) is 11.5. The molecule has 0 aliphatic rings. The van der Waals surface area contributed by atoms with Crippen LogP contribution in [0.5, 0.6) is 0 Å². The van der Waals surface area contributed by atoms with E-state index >= 15 is 0 Å². The summed E-state index contributed by atoms with van der Waals surface area (Å²) in [5.74, 6) is 0.761. The zero-order chi connectivity index (χ0) is 15.3. The van der Waals surface area contributed by atoms with Crippen molar-refractivity contribution in [3.05, 3.63) is 34.9 Å². The molecule has 5 nitrogen and oxygen atoms in total. The van der Waals surface area contributed by atoms with E-state index in [0.717, 1.165) is 29.5 Å². The van der Waals surface area contributed by atoms with Gasteiger partial charge in [-0.05, 0) is 18.1 Å². The van der Waals surface area contributed by atoms with Crippen molar-refractivity contribution >= 4 is 17.6 Å². The van der Waals surface area contributed by atoms with Crippen molar-refractivity contribution in [3.63, 3.8) is 0 Å². The van der Waals surface area contributed by atoms with E-state index in [2.05, 4.69) is 15.6 Å². The van der Waals surface area contributed by atoms with Crippen molar-refractivity contribution in [2.45, 2.75) is 6.42 Å². The Morgan fingerprint density at radius 3 is 2.62 bits per heavy atom. The van der Waals surface area contributed by atoms with Crippen molar-refractivity contribution < 1.29 is 9.47 Å². The molecule has 0 saturated carbocycles. The molecule has 0 heterocycles. The molecule has 0 atom stereocenters. The maximum absolute atomic E-state index is 6.12. The predicted octanol–water partition coefficient (Wildman–Crippen LogP) is 1.71. The van der Waals surface area contributed by atoms with Gasteiger partial charge in [0.15, 0.2) is 5.96 Å². The lowest BCUT2D eigenvalue weighted by Crippen LogP contribution is -2.39. The second-order valence-electron chi connectivity index (χ2n) is 4.37. The molecule has 1 aromatic rings. The number of benzene rings is 1. The van der Waals surface area contributed by atoms with Gasteiger partial charge in [-0.15, -0.1) is 0 Å². The molecule has 21 heavy (non-hydrogen) atoms. The number of aliphatic imine (C=N–C) groups is 1. The molecule has 0 spiro atoms. The first-order valence-corrected chi connectivity index (χ1v) is 7.40. The SMILES string of the molecule is CN=C(NCCOCCOC)NCCc1ccccc1Cl. The number of halogens is 1. The van der Waals surface area contributed by atoms with Gasteiger partial charge in [-0.2, -0.15) is 0 Å². The third-order valence-electron chi connectivity index (χ3n) is 2.84. The molecule has 2 N–H and O–H groups in total. The van der Waals surface area contributed by atoms with Gasteiger partial charge in [-0.25, -0.2) is 0 Å². The first-order valence-electron chi connectivity index (χ1n) is 7.02. The number of methoxy groups -OCH3 is 1. The molecule has 0 fully saturated rings. The second-order valence-corrected chi connectivity index (χ2v) is 4.78. The minimum atomic E-state index is 0.608. The van der Waals surface area contributed by atoms with Crippen LogP contribution in [0.3, 0.4) is 0 Å². The van der Waals surface area contributed by atoms with Gasteiger partial charge < -0.3 is 20.1 Å². The zero-order valence-electron chi connectivity index (χ0n) is 12.7. The monoisotopic (exact) mass is 313 g/mol. The minimum Gasteiger partial charge on any atom is -0.382 e. The van der Waals surface area contributed by atoms with Gasteiger partial charge in [0.05, 0.1) is 19.8 Å². The van der Waals surface area contributed by atoms with E-state index in [1.165, 1.54) is 0 Å². The Balaban J connectivity index is 2.16. The third-order valence-corrected chi connectivity index (χ3v) is 3.21. The van der Waals surface area contributed by atoms with Crippen LogP contribution >= 0.6 is 11.6 Å². The zero-order valence-corrected chi connectivity index (χ0v) is 13.4. The van der Waals surface area contributed by atoms with Crippen LogP contribution in [0, 0.1) is 0 Å². The number of hydrogen-bond donors (Lipinski definition) is 2. The minimum absolute atomic E-state index is 0.608. The molecule has 0 aliphatic carbocycles. The van der Waals surface area contributed by atoms with Crippen LogP contribution in [0.15, 0.2) is 29.3 Å². The number of guanidine groups is 1. The maximum atomic E-state index is 6.12. The van der Waals surface area contributed by atoms with E-state index in [1.54, 1.807) is 14.2 Å². The molecule has 1 rings (SSSR count). The summed E-state index contributed by atoms with van der Waals surface area (Å²) in [6.07, 6.45) is 0.852. The molecule has 0 bridgehead atoms. The summed E-state index contributed by atoms with van der Waals surface area (Å²) < 4.78 is 10.3. The van der Waals surface area contributed by atoms with Crippen LogP contribution in [0.25, 0.3) is 0 Å². The first kappa shape index (κ1) is 17.8. The molecule has 0 radical (unpaired) electrons. The topological polar surface area (TPSA) is 54.9 Å². The fraction of sp³-hybridized carbons (Fsp3) is 0.533. The predicted molar refractivity (Wildman–Crippen MR) is 87.2 cm³/mol. The summed E-state index contributed by atoms with van der Waals surface area (Å²) in [4.78, 5) is 4.16. The number of ether oxygens (including phenoxy) is 2. The molecule has 0 aliphatic heterocycles. The summed E-state index contributed by atoms with van der Waals surface area (Å²) in [5, 5.41) is 7.23. The highest BCUT2D eigenvalue weighted by molar-refractivity contribution is 6.31. The third kappa shape index (κ3) is 7.90. The Labute approximate surface area is 131 Å². The molecular weight excluding hydrogens is 290 g/mol. The second kappa shape index (κ2) is 11.4. The van der Waals surface area contributed by atoms with E-state index in [0.29, 0.717) is 26.4 Å². The summed E-state index contributed by atoms with van der Waals surface area (Å²) in [6.45, 7) is 3.32. The van der Waals surface area contributed by atoms with Crippen LogP contribution in [0.2, 0.25) is 5.02 Å². The van der Waals surface area contributed by atoms with E-state index < -0.39 is 0 Å². The summed E-state index contributed by atoms with van der Waals surface area (Å²) in [5.41, 5.74) is 1.13. The standard InChI is InChI=1S/C15H24ClN3O2/c1-17-15(19-9-10-21-12-11-20-2)18-8-7-13-5-3-4-6-14(13)16/h3-6H,7-12H2,1-2H3,(H2,17,18,19). The molecule has 0 aromatic heterocycles. The Morgan fingerprint density at radius 1 is 1.14 bits per heavy atom. The molecule has 1 aromatic carbocycles. The largest absolute Gasteiger partial charge is 0.382 e. The Kier molecular flexibility index (Phi) is 9.61. The molecule has 0 saturated heterocycles. The van der Waals surface area contributed by atoms with Crippen LogP contribution in [-0.2, 0) is 15.9 Å². The molecule has 0 amide bonds. The lowest BCUT2D eigenvalue weighted by molar-refractivity contribution is 0.0733. The van der Waals surface area contributed by atoms with Gasteiger partial charge in [0.25, 0.3) is 0 Å². The van der Waals surface area contributed by atoms with Gasteiger partial charge >= 0.3 is 0 Å². The lowest BCUT2D eigenvalue weighted by Gasteiger charge is -2.12. The first-order chi connectivity index (χ1) is 10.3. The smallest absolute Gasteiger partial charge is 0.191 e. The van der Waals surface area contributed by atoms with Crippen LogP contribution in [0.4, 0.5) is 0 Å². The van der Waals surface area contributed by atoms with Crippen LogP contribution in [0.1, 0.15) is 5.56 Å². The molecule has 118 valence electrons. The fourth-order valence-electron chi connectivity index (χ4n) is 1.72. The average molecular weight is 314 g/mol. The van der Waals surface area contributed by atoms with E-state index in [4.69, 9.17) is 21.1 Å². The van der Waals surface area contributed by atoms with E-state index in [-0.39, 0.29) is 0 Å². The van der Waals surface area contributed by atoms with E-state index in [9.17, 15) is 0 Å². The highest BCUT2D eigenvalue weighted by Gasteiger charge is 2.00. The number of rotatable bonds is 9. The number of nitrogens with zero attached hydrogens (tertiary/aromatic N) is 1. The Bertz CT molecular complexity index is 427. The Morgan fingerprint density at radius 2 is 1.90 bits per heavy atom. The van der Waals surface area contributed by atoms with Crippen molar-refractivity contribution in [3.8, 4) is 0 Å². The highest BCUT2D eigenvalue weighted by atomic mass is 35.5.